The zero-order valence-corrected chi connectivity index (χ0v) is 24.3. The highest BCUT2D eigenvalue weighted by Gasteiger charge is 2.37. The van der Waals surface area contributed by atoms with Gasteiger partial charge in [0.05, 0.1) is 30.8 Å². The number of hydrogen-bond donors (Lipinski definition) is 5. The van der Waals surface area contributed by atoms with E-state index in [9.17, 15) is 34.8 Å². The molecule has 1 aliphatic rings. The van der Waals surface area contributed by atoms with Crippen LogP contribution in [-0.2, 0) is 23.9 Å². The first-order valence-corrected chi connectivity index (χ1v) is 13.9. The van der Waals surface area contributed by atoms with Gasteiger partial charge in [0.2, 0.25) is 5.91 Å². The molecule has 0 aromatic heterocycles. The molecule has 5 N–H and O–H groups in total. The number of aliphatic hydroxyl groups excluding tert-OH is 4. The molecule has 0 aromatic carbocycles. The largest absolute Gasteiger partial charge is 0.462 e. The van der Waals surface area contributed by atoms with Gasteiger partial charge in [-0.15, -0.1) is 0 Å². The predicted molar refractivity (Wildman–Crippen MR) is 142 cm³/mol. The molecule has 1 saturated heterocycles. The summed E-state index contributed by atoms with van der Waals surface area (Å²) in [4.78, 5) is 36.7. The van der Waals surface area contributed by atoms with Crippen molar-refractivity contribution in [3.8, 4) is 0 Å². The second-order valence-electron chi connectivity index (χ2n) is 11.8. The van der Waals surface area contributed by atoms with Gasteiger partial charge in [-0.3, -0.25) is 9.59 Å². The van der Waals surface area contributed by atoms with E-state index < -0.39 is 66.4 Å². The maximum absolute atomic E-state index is 12.9. The number of esters is 2. The van der Waals surface area contributed by atoms with E-state index in [1.807, 2.05) is 27.7 Å². The fraction of sp³-hybridized carbons (Fsp3) is 0.893. The van der Waals surface area contributed by atoms with Crippen molar-refractivity contribution in [3.63, 3.8) is 0 Å². The van der Waals surface area contributed by atoms with Crippen molar-refractivity contribution >= 4 is 17.8 Å². The zero-order valence-electron chi connectivity index (χ0n) is 24.3. The van der Waals surface area contributed by atoms with Crippen LogP contribution in [0.5, 0.6) is 0 Å². The highest BCUT2D eigenvalue weighted by Crippen LogP contribution is 2.33. The van der Waals surface area contributed by atoms with Crippen LogP contribution in [0.15, 0.2) is 0 Å². The fourth-order valence-electron chi connectivity index (χ4n) is 5.59. The van der Waals surface area contributed by atoms with Gasteiger partial charge in [0, 0.05) is 19.3 Å². The third-order valence-electron chi connectivity index (χ3n) is 7.78. The summed E-state index contributed by atoms with van der Waals surface area (Å²) in [6, 6.07) is -0.910. The third kappa shape index (κ3) is 11.2. The summed E-state index contributed by atoms with van der Waals surface area (Å²) < 4.78 is 11.3. The summed E-state index contributed by atoms with van der Waals surface area (Å²) >= 11 is 0. The second kappa shape index (κ2) is 15.7. The van der Waals surface area contributed by atoms with E-state index in [-0.39, 0.29) is 42.9 Å². The number of carbonyl (C=O) groups excluding carboxylic acids is 3. The molecule has 1 rings (SSSR count). The lowest BCUT2D eigenvalue weighted by Gasteiger charge is -2.36. The summed E-state index contributed by atoms with van der Waals surface area (Å²) in [5.74, 6) is -2.79. The highest BCUT2D eigenvalue weighted by molar-refractivity contribution is 5.84. The number of carbonyl (C=O) groups is 3. The molecule has 1 heterocycles. The maximum Gasteiger partial charge on any atom is 0.328 e. The van der Waals surface area contributed by atoms with E-state index in [0.717, 1.165) is 0 Å². The number of cyclic esters (lactones) is 1. The molecule has 12 atom stereocenters. The predicted octanol–water partition coefficient (Wildman–Crippen LogP) is 1.94. The Balaban J connectivity index is 3.08. The molecule has 222 valence electrons. The smallest absolute Gasteiger partial charge is 0.328 e. The van der Waals surface area contributed by atoms with Crippen molar-refractivity contribution in [1.29, 1.82) is 0 Å². The Morgan fingerprint density at radius 1 is 1.03 bits per heavy atom. The van der Waals surface area contributed by atoms with Crippen LogP contribution in [0, 0.1) is 29.6 Å². The zero-order chi connectivity index (χ0) is 29.3. The van der Waals surface area contributed by atoms with Crippen LogP contribution in [-0.4, -0.2) is 80.9 Å². The van der Waals surface area contributed by atoms with Crippen LogP contribution < -0.4 is 5.32 Å². The molecule has 0 radical (unpaired) electrons. The summed E-state index contributed by atoms with van der Waals surface area (Å²) in [6.45, 7) is 13.8. The summed E-state index contributed by atoms with van der Waals surface area (Å²) in [7, 11) is 0. The first-order valence-electron chi connectivity index (χ1n) is 13.9. The Kier molecular flexibility index (Phi) is 14.2. The third-order valence-corrected chi connectivity index (χ3v) is 7.78. The van der Waals surface area contributed by atoms with Gasteiger partial charge < -0.3 is 35.2 Å². The van der Waals surface area contributed by atoms with Gasteiger partial charge in [0.25, 0.3) is 0 Å². The fourth-order valence-corrected chi connectivity index (χ4v) is 5.59. The summed E-state index contributed by atoms with van der Waals surface area (Å²) in [5.41, 5.74) is 0. The Bertz CT molecular complexity index is 761. The van der Waals surface area contributed by atoms with Crippen LogP contribution in [0.4, 0.5) is 0 Å². The molecule has 0 saturated carbocycles. The molecule has 0 bridgehead atoms. The van der Waals surface area contributed by atoms with Crippen molar-refractivity contribution in [2.45, 2.75) is 130 Å². The van der Waals surface area contributed by atoms with Crippen molar-refractivity contribution in [2.24, 2.45) is 29.6 Å². The molecule has 0 aliphatic carbocycles. The van der Waals surface area contributed by atoms with Crippen molar-refractivity contribution in [2.75, 3.05) is 0 Å². The van der Waals surface area contributed by atoms with Crippen LogP contribution in [0.25, 0.3) is 0 Å². The lowest BCUT2D eigenvalue weighted by Crippen LogP contribution is -2.44. The summed E-state index contributed by atoms with van der Waals surface area (Å²) in [5, 5.41) is 44.3. The van der Waals surface area contributed by atoms with Crippen LogP contribution >= 0.6 is 0 Å². The second-order valence-corrected chi connectivity index (χ2v) is 11.8. The van der Waals surface area contributed by atoms with E-state index in [2.05, 4.69) is 5.32 Å². The van der Waals surface area contributed by atoms with Gasteiger partial charge in [-0.05, 0) is 56.8 Å². The van der Waals surface area contributed by atoms with Crippen LogP contribution in [0.2, 0.25) is 0 Å². The first-order chi connectivity index (χ1) is 17.5. The molecule has 1 unspecified atom stereocenters. The molecule has 0 spiro atoms. The molecule has 1 amide bonds. The van der Waals surface area contributed by atoms with E-state index in [1.54, 1.807) is 13.8 Å². The van der Waals surface area contributed by atoms with Gasteiger partial charge >= 0.3 is 11.9 Å². The average Bonchev–Trinajstić information content (AvgIpc) is 2.79. The van der Waals surface area contributed by atoms with Crippen molar-refractivity contribution < 1.29 is 44.3 Å². The van der Waals surface area contributed by atoms with E-state index in [4.69, 9.17) is 9.47 Å². The molecular weight excluding hydrogens is 494 g/mol. The topological polar surface area (TPSA) is 163 Å². The van der Waals surface area contributed by atoms with E-state index in [0.29, 0.717) is 12.8 Å². The van der Waals surface area contributed by atoms with Gasteiger partial charge in [-0.25, -0.2) is 4.79 Å². The minimum atomic E-state index is -1.02. The van der Waals surface area contributed by atoms with Crippen molar-refractivity contribution in [3.05, 3.63) is 0 Å². The first kappa shape index (κ1) is 34.3. The minimum Gasteiger partial charge on any atom is -0.462 e. The number of amides is 1. The Morgan fingerprint density at radius 3 is 2.18 bits per heavy atom. The molecule has 10 nitrogen and oxygen atoms in total. The number of hydrogen-bond acceptors (Lipinski definition) is 9. The van der Waals surface area contributed by atoms with Crippen LogP contribution in [0.1, 0.15) is 87.5 Å². The molecule has 10 heteroatoms. The number of ether oxygens (including phenoxy) is 2. The van der Waals surface area contributed by atoms with Crippen LogP contribution in [0.3, 0.4) is 0 Å². The maximum atomic E-state index is 12.9. The monoisotopic (exact) mass is 545 g/mol. The highest BCUT2D eigenvalue weighted by atomic mass is 16.5. The molecule has 0 aromatic rings. The molecule has 38 heavy (non-hydrogen) atoms. The van der Waals surface area contributed by atoms with E-state index >= 15 is 0 Å². The lowest BCUT2D eigenvalue weighted by atomic mass is 9.78. The molecular formula is C28H51NO9. The molecule has 1 fully saturated rings. The van der Waals surface area contributed by atoms with Gasteiger partial charge in [-0.2, -0.15) is 0 Å². The summed E-state index contributed by atoms with van der Waals surface area (Å²) in [6.07, 6.45) is -3.52. The Hall–Kier alpha value is -1.75. The number of aliphatic hydroxyl groups is 4. The average molecular weight is 546 g/mol. The number of rotatable bonds is 9. The number of nitrogens with one attached hydrogen (secondary N) is 1. The van der Waals surface area contributed by atoms with Gasteiger partial charge in [0.15, 0.2) is 0 Å². The molecule has 1 aliphatic heterocycles. The standard InChI is InChI=1S/C28H51NO9/c1-14-9-16(3)27(38-28(36)20(7)29-25(34)13-22(32)12-23(14)33)17(4)10-15(2)26(35)19(6)24(11-18(5)30)37-21(8)31/h14-20,22-24,26-27,30,32-33,35H,9-13H2,1-8H3,(H,29,34)/t14-,15+,16-,17+,18+,19-,20-,22+,23+,24-,26+,27?/m1/s1. The van der Waals surface area contributed by atoms with Gasteiger partial charge in [0.1, 0.15) is 18.2 Å². The normalized spacial score (nSPS) is 32.6. The van der Waals surface area contributed by atoms with Gasteiger partial charge in [-0.1, -0.05) is 34.6 Å². The Labute approximate surface area is 227 Å². The quantitative estimate of drug-likeness (QED) is 0.273. The van der Waals surface area contributed by atoms with Crippen molar-refractivity contribution in [1.82, 2.24) is 5.32 Å². The Morgan fingerprint density at radius 2 is 1.63 bits per heavy atom. The van der Waals surface area contributed by atoms with E-state index in [1.165, 1.54) is 13.8 Å². The lowest BCUT2D eigenvalue weighted by molar-refractivity contribution is -0.159. The SMILES string of the molecule is CC(=O)O[C@H](C[C@H](C)O)[C@@H](C)[C@@H](O)[C@@H](C)C[C@H](C)C1OC(=O)[C@@H](C)NC(=O)C[C@@H](O)C[C@H](O)[C@H](C)C[C@H]1C. The minimum absolute atomic E-state index is 0.0573.